The van der Waals surface area contributed by atoms with E-state index < -0.39 is 0 Å². The number of hydrogen-bond donors (Lipinski definition) is 0. The van der Waals surface area contributed by atoms with Crippen molar-refractivity contribution in [2.24, 2.45) is 11.3 Å². The molecular formula is C49H86NO6P. The largest absolute Gasteiger partial charge is 0.462 e. The number of nitrogens with zero attached hydrogens (tertiary/aromatic N) is 1. The van der Waals surface area contributed by atoms with Crippen LogP contribution in [0.3, 0.4) is 0 Å². The summed E-state index contributed by atoms with van der Waals surface area (Å²) < 4.78 is 16.7. The van der Waals surface area contributed by atoms with Crippen molar-refractivity contribution in [1.82, 2.24) is 4.90 Å². The zero-order chi connectivity index (χ0) is 41.7. The Bertz CT molecular complexity index is 1060. The lowest BCUT2D eigenvalue weighted by atomic mass is 9.82. The molecule has 3 unspecified atom stereocenters. The first-order valence-corrected chi connectivity index (χ1v) is 24.2. The number of hydrogen-bond acceptors (Lipinski definition) is 7. The molecule has 0 bridgehead atoms. The van der Waals surface area contributed by atoms with Crippen LogP contribution >= 0.6 is 8.81 Å². The molecule has 1 aliphatic heterocycles. The lowest BCUT2D eigenvalue weighted by Gasteiger charge is -2.31. The van der Waals surface area contributed by atoms with E-state index in [1.54, 1.807) is 0 Å². The van der Waals surface area contributed by atoms with Gasteiger partial charge in [0.25, 0.3) is 0 Å². The summed E-state index contributed by atoms with van der Waals surface area (Å²) in [6.45, 7) is 7.82. The summed E-state index contributed by atoms with van der Waals surface area (Å²) in [6.07, 6.45) is 46.9. The van der Waals surface area contributed by atoms with Crippen LogP contribution in [0.2, 0.25) is 0 Å². The Morgan fingerprint density at radius 3 is 1.61 bits per heavy atom. The molecule has 3 atom stereocenters. The van der Waals surface area contributed by atoms with Crippen LogP contribution in [0.25, 0.3) is 0 Å². The second-order valence-electron chi connectivity index (χ2n) is 17.6. The summed E-state index contributed by atoms with van der Waals surface area (Å²) in [5.41, 5.74) is 0.176. The van der Waals surface area contributed by atoms with Gasteiger partial charge in [-0.1, -0.05) is 121 Å². The Morgan fingerprint density at radius 1 is 0.684 bits per heavy atom. The minimum atomic E-state index is -0.217. The molecule has 0 aliphatic carbocycles. The van der Waals surface area contributed by atoms with Crippen molar-refractivity contribution in [1.29, 1.82) is 0 Å². The zero-order valence-electron chi connectivity index (χ0n) is 37.4. The molecule has 7 nitrogen and oxygen atoms in total. The lowest BCUT2D eigenvalue weighted by Crippen LogP contribution is -2.31. The maximum absolute atomic E-state index is 13.1. The SMILES string of the molecule is CC(CC(=O)OC1CCCCCCCCC=CCC=CCCCCC(=O)OCPOC(=O)CCCCC=CCC=CCCCCCCCC1)CC(C)(C)CN(C)C. The minimum absolute atomic E-state index is 0.00575. The van der Waals surface area contributed by atoms with Crippen molar-refractivity contribution >= 4 is 26.7 Å². The molecule has 0 amide bonds. The number of rotatable bonds is 7. The highest BCUT2D eigenvalue weighted by atomic mass is 31.1. The first-order chi connectivity index (χ1) is 27.6. The molecule has 1 rings (SSSR count). The van der Waals surface area contributed by atoms with Gasteiger partial charge in [-0.25, -0.2) is 0 Å². The van der Waals surface area contributed by atoms with Gasteiger partial charge < -0.3 is 18.9 Å². The van der Waals surface area contributed by atoms with Gasteiger partial charge in [0.15, 0.2) is 0 Å². The maximum Gasteiger partial charge on any atom is 0.308 e. The smallest absolute Gasteiger partial charge is 0.308 e. The van der Waals surface area contributed by atoms with E-state index in [1.807, 2.05) is 0 Å². The summed E-state index contributed by atoms with van der Waals surface area (Å²) in [6, 6.07) is 0. The van der Waals surface area contributed by atoms with Crippen molar-refractivity contribution in [3.8, 4) is 0 Å². The van der Waals surface area contributed by atoms with E-state index in [0.29, 0.717) is 25.2 Å². The Hall–Kier alpha value is -2.24. The van der Waals surface area contributed by atoms with Crippen LogP contribution in [-0.2, 0) is 28.4 Å². The predicted molar refractivity (Wildman–Crippen MR) is 243 cm³/mol. The van der Waals surface area contributed by atoms with E-state index in [9.17, 15) is 14.4 Å². The summed E-state index contributed by atoms with van der Waals surface area (Å²) in [4.78, 5) is 39.3. The van der Waals surface area contributed by atoms with Gasteiger partial charge in [-0.2, -0.15) is 0 Å². The fraction of sp³-hybridized carbons (Fsp3) is 0.776. The Kier molecular flexibility index (Phi) is 34.1. The number of ether oxygens (including phenoxy) is 2. The average molecular weight is 816 g/mol. The highest BCUT2D eigenvalue weighted by molar-refractivity contribution is 7.32. The summed E-state index contributed by atoms with van der Waals surface area (Å²) in [7, 11) is 4.11. The molecule has 0 aromatic carbocycles. The molecule has 0 fully saturated rings. The fourth-order valence-corrected chi connectivity index (χ4v) is 8.36. The number of esters is 2. The van der Waals surface area contributed by atoms with Gasteiger partial charge >= 0.3 is 17.9 Å². The van der Waals surface area contributed by atoms with Crippen LogP contribution in [0, 0.1) is 11.3 Å². The van der Waals surface area contributed by atoms with Crippen molar-refractivity contribution in [2.45, 2.75) is 207 Å². The summed E-state index contributed by atoms with van der Waals surface area (Å²) in [5.74, 6) is -0.117. The topological polar surface area (TPSA) is 82.1 Å². The molecule has 0 aromatic rings. The van der Waals surface area contributed by atoms with E-state index in [0.717, 1.165) is 103 Å². The van der Waals surface area contributed by atoms with E-state index >= 15 is 0 Å². The van der Waals surface area contributed by atoms with Crippen LogP contribution in [-0.4, -0.2) is 55.9 Å². The Labute approximate surface area is 352 Å². The normalized spacial score (nSPS) is 21.9. The third kappa shape index (κ3) is 36.6. The van der Waals surface area contributed by atoms with Crippen molar-refractivity contribution in [3.05, 3.63) is 48.6 Å². The summed E-state index contributed by atoms with van der Waals surface area (Å²) >= 11 is 0. The van der Waals surface area contributed by atoms with E-state index in [4.69, 9.17) is 14.0 Å². The van der Waals surface area contributed by atoms with Gasteiger partial charge in [0.2, 0.25) is 0 Å². The Morgan fingerprint density at radius 2 is 1.12 bits per heavy atom. The van der Waals surface area contributed by atoms with Gasteiger partial charge in [-0.05, 0) is 135 Å². The van der Waals surface area contributed by atoms with Crippen molar-refractivity contribution < 1.29 is 28.4 Å². The molecule has 1 heterocycles. The molecule has 0 saturated heterocycles. The average Bonchev–Trinajstić information content (AvgIpc) is 3.14. The minimum Gasteiger partial charge on any atom is -0.462 e. The van der Waals surface area contributed by atoms with Crippen molar-refractivity contribution in [2.75, 3.05) is 27.0 Å². The van der Waals surface area contributed by atoms with Gasteiger partial charge in [0.05, 0.1) is 0 Å². The number of carbonyl (C=O) groups is 3. The molecule has 0 saturated carbocycles. The number of allylic oxidation sites excluding steroid dienone is 8. The molecule has 0 spiro atoms. The molecule has 0 aromatic heterocycles. The van der Waals surface area contributed by atoms with Crippen LogP contribution in [0.1, 0.15) is 201 Å². The summed E-state index contributed by atoms with van der Waals surface area (Å²) in [5, 5.41) is 0. The molecular weight excluding hydrogens is 730 g/mol. The van der Waals surface area contributed by atoms with Gasteiger partial charge in [0.1, 0.15) is 21.3 Å². The third-order valence-electron chi connectivity index (χ3n) is 10.4. The van der Waals surface area contributed by atoms with Gasteiger partial charge in [0, 0.05) is 25.8 Å². The standard InChI is InChI=1S/C49H86NO6P/c1-44(41-49(2,3)42-50(4)5)40-48(53)55-45-36-32-28-24-20-16-12-8-6-10-14-18-22-26-30-34-38-46(51)54-43-57-56-47(52)39-35-31-27-23-19-15-11-7-9-13-17-21-25-29-33-37-45/h6-7,10-11,18-19,22-23,44-45,57H,8-9,12-17,20-21,24-43H2,1-5H3. The van der Waals surface area contributed by atoms with Crippen LogP contribution < -0.4 is 0 Å². The number of cyclic esters (lactones) is 1. The van der Waals surface area contributed by atoms with Crippen molar-refractivity contribution in [3.63, 3.8) is 0 Å². The van der Waals surface area contributed by atoms with Crippen LogP contribution in [0.4, 0.5) is 0 Å². The molecule has 0 radical (unpaired) electrons. The predicted octanol–water partition coefficient (Wildman–Crippen LogP) is 13.9. The third-order valence-corrected chi connectivity index (χ3v) is 11.1. The van der Waals surface area contributed by atoms with Crippen LogP contribution in [0.15, 0.2) is 48.6 Å². The molecule has 328 valence electrons. The second-order valence-corrected chi connectivity index (χ2v) is 18.3. The highest BCUT2D eigenvalue weighted by Crippen LogP contribution is 2.28. The lowest BCUT2D eigenvalue weighted by molar-refractivity contribution is -0.151. The molecule has 57 heavy (non-hydrogen) atoms. The Balaban J connectivity index is 2.54. The number of carbonyl (C=O) groups excluding carboxylic acids is 3. The quantitative estimate of drug-likeness (QED) is 0.110. The van der Waals surface area contributed by atoms with Crippen LogP contribution in [0.5, 0.6) is 0 Å². The first-order valence-electron chi connectivity index (χ1n) is 23.1. The zero-order valence-corrected chi connectivity index (χ0v) is 38.4. The molecule has 0 N–H and O–H groups in total. The highest BCUT2D eigenvalue weighted by Gasteiger charge is 2.24. The molecule has 8 heteroatoms. The van der Waals surface area contributed by atoms with Gasteiger partial charge in [-0.15, -0.1) is 0 Å². The van der Waals surface area contributed by atoms with E-state index in [-0.39, 0.29) is 44.6 Å². The fourth-order valence-electron chi connectivity index (χ4n) is 7.82. The monoisotopic (exact) mass is 816 g/mol. The molecule has 1 aliphatic rings. The van der Waals surface area contributed by atoms with E-state index in [1.165, 1.54) is 64.2 Å². The second kappa shape index (κ2) is 36.8. The van der Waals surface area contributed by atoms with Gasteiger partial charge in [-0.3, -0.25) is 14.4 Å². The maximum atomic E-state index is 13.1. The first kappa shape index (κ1) is 52.8. The van der Waals surface area contributed by atoms with E-state index in [2.05, 4.69) is 88.4 Å².